The third kappa shape index (κ3) is 7.44. The van der Waals surface area contributed by atoms with Gasteiger partial charge in [-0.3, -0.25) is 4.79 Å². The van der Waals surface area contributed by atoms with Crippen LogP contribution in [-0.4, -0.2) is 54.4 Å². The van der Waals surface area contributed by atoms with Gasteiger partial charge in [-0.25, -0.2) is 0 Å². The molecule has 1 aliphatic heterocycles. The maximum absolute atomic E-state index is 11.4. The molecule has 9 heteroatoms. The number of halogens is 3. The van der Waals surface area contributed by atoms with E-state index in [1.165, 1.54) is 6.92 Å². The van der Waals surface area contributed by atoms with E-state index in [-0.39, 0.29) is 18.6 Å². The first kappa shape index (κ1) is 24.0. The van der Waals surface area contributed by atoms with Crippen LogP contribution in [-0.2, 0) is 4.79 Å². The van der Waals surface area contributed by atoms with E-state index in [1.807, 2.05) is 6.07 Å². The number of carbonyl (C=O) groups excluding carboxylic acids is 1. The van der Waals surface area contributed by atoms with Gasteiger partial charge >= 0.3 is 0 Å². The Bertz CT molecular complexity index is 904. The largest absolute Gasteiger partial charge is 0.490 e. The van der Waals surface area contributed by atoms with E-state index in [4.69, 9.17) is 44.3 Å². The van der Waals surface area contributed by atoms with Gasteiger partial charge in [-0.1, -0.05) is 34.8 Å². The number of amides is 1. The Balaban J connectivity index is 1.43. The van der Waals surface area contributed by atoms with Crippen molar-refractivity contribution in [3.63, 3.8) is 0 Å². The van der Waals surface area contributed by atoms with Gasteiger partial charge in [0.25, 0.3) is 0 Å². The Morgan fingerprint density at radius 3 is 2.58 bits per heavy atom. The minimum absolute atomic E-state index is 0.0937. The lowest BCUT2D eigenvalue weighted by atomic mass is 10.1. The number of ether oxygens (including phenoxy) is 2. The second-order valence-corrected chi connectivity index (χ2v) is 8.73. The molecular formula is C22H25Cl3N2O4. The van der Waals surface area contributed by atoms with Crippen molar-refractivity contribution in [2.24, 2.45) is 0 Å². The van der Waals surface area contributed by atoms with Crippen molar-refractivity contribution < 1.29 is 19.4 Å². The summed E-state index contributed by atoms with van der Waals surface area (Å²) in [4.78, 5) is 13.5. The summed E-state index contributed by atoms with van der Waals surface area (Å²) in [6.07, 6.45) is 1.11. The maximum atomic E-state index is 11.4. The standard InChI is InChI=1S/C22H25Cl3N2O4/c1-14(28)26-21-10-15(23)2-5-22(21)30-13-16(29)12-27-8-6-17(7-9-27)31-18-3-4-19(24)20(25)11-18/h2-5,10-11,16-17,29H,6-9,12-13H2,1H3,(H,26,28). The van der Waals surface area contributed by atoms with Crippen LogP contribution in [0, 0.1) is 0 Å². The predicted octanol–water partition coefficient (Wildman–Crippen LogP) is 4.89. The van der Waals surface area contributed by atoms with Gasteiger partial charge in [0, 0.05) is 37.6 Å². The second kappa shape index (κ2) is 11.2. The summed E-state index contributed by atoms with van der Waals surface area (Å²) in [6.45, 7) is 3.62. The predicted molar refractivity (Wildman–Crippen MR) is 124 cm³/mol. The number of carbonyl (C=O) groups is 1. The highest BCUT2D eigenvalue weighted by molar-refractivity contribution is 6.42. The highest BCUT2D eigenvalue weighted by atomic mass is 35.5. The molecule has 0 bridgehead atoms. The summed E-state index contributed by atoms with van der Waals surface area (Å²) in [5.41, 5.74) is 0.479. The molecule has 1 aliphatic rings. The highest BCUT2D eigenvalue weighted by Crippen LogP contribution is 2.29. The molecule has 168 valence electrons. The smallest absolute Gasteiger partial charge is 0.221 e. The molecule has 0 saturated carbocycles. The normalized spacial score (nSPS) is 16.0. The molecular weight excluding hydrogens is 463 g/mol. The summed E-state index contributed by atoms with van der Waals surface area (Å²) in [5.74, 6) is 0.949. The number of hydrogen-bond acceptors (Lipinski definition) is 5. The number of benzene rings is 2. The average molecular weight is 488 g/mol. The van der Waals surface area contributed by atoms with Crippen LogP contribution < -0.4 is 14.8 Å². The lowest BCUT2D eigenvalue weighted by Crippen LogP contribution is -2.43. The van der Waals surface area contributed by atoms with Gasteiger partial charge in [0.1, 0.15) is 30.3 Å². The van der Waals surface area contributed by atoms with Crippen molar-refractivity contribution in [3.05, 3.63) is 51.5 Å². The number of piperidine rings is 1. The molecule has 31 heavy (non-hydrogen) atoms. The Labute approximate surface area is 197 Å². The van der Waals surface area contributed by atoms with Gasteiger partial charge in [0.2, 0.25) is 5.91 Å². The average Bonchev–Trinajstić information content (AvgIpc) is 2.71. The lowest BCUT2D eigenvalue weighted by molar-refractivity contribution is -0.114. The fraction of sp³-hybridized carbons (Fsp3) is 0.409. The Kier molecular flexibility index (Phi) is 8.69. The lowest BCUT2D eigenvalue weighted by Gasteiger charge is -2.33. The summed E-state index contributed by atoms with van der Waals surface area (Å²) < 4.78 is 11.7. The van der Waals surface area contributed by atoms with Gasteiger partial charge in [0.05, 0.1) is 15.7 Å². The Morgan fingerprint density at radius 1 is 1.16 bits per heavy atom. The van der Waals surface area contributed by atoms with E-state index >= 15 is 0 Å². The van der Waals surface area contributed by atoms with Crippen molar-refractivity contribution >= 4 is 46.4 Å². The third-order valence-electron chi connectivity index (χ3n) is 4.88. The van der Waals surface area contributed by atoms with Crippen LogP contribution in [0.15, 0.2) is 36.4 Å². The molecule has 1 fully saturated rings. The Hall–Kier alpha value is -1.70. The quantitative estimate of drug-likeness (QED) is 0.555. The molecule has 1 heterocycles. The maximum Gasteiger partial charge on any atom is 0.221 e. The minimum atomic E-state index is -0.673. The molecule has 0 spiro atoms. The molecule has 3 rings (SSSR count). The van der Waals surface area contributed by atoms with E-state index in [9.17, 15) is 9.90 Å². The number of nitrogens with zero attached hydrogens (tertiary/aromatic N) is 1. The fourth-order valence-electron chi connectivity index (χ4n) is 3.40. The molecule has 0 radical (unpaired) electrons. The van der Waals surface area contributed by atoms with E-state index in [1.54, 1.807) is 30.3 Å². The minimum Gasteiger partial charge on any atom is -0.490 e. The van der Waals surface area contributed by atoms with Crippen molar-refractivity contribution in [3.8, 4) is 11.5 Å². The highest BCUT2D eigenvalue weighted by Gasteiger charge is 2.23. The second-order valence-electron chi connectivity index (χ2n) is 7.48. The first-order chi connectivity index (χ1) is 14.8. The van der Waals surface area contributed by atoms with Crippen LogP contribution >= 0.6 is 34.8 Å². The molecule has 2 N–H and O–H groups in total. The first-order valence-electron chi connectivity index (χ1n) is 10.0. The van der Waals surface area contributed by atoms with Gasteiger partial charge in [0.15, 0.2) is 0 Å². The van der Waals surface area contributed by atoms with E-state index < -0.39 is 6.10 Å². The number of aliphatic hydroxyl groups is 1. The monoisotopic (exact) mass is 486 g/mol. The zero-order valence-corrected chi connectivity index (χ0v) is 19.4. The Morgan fingerprint density at radius 2 is 1.90 bits per heavy atom. The topological polar surface area (TPSA) is 71.0 Å². The molecule has 1 amide bonds. The summed E-state index contributed by atoms with van der Waals surface area (Å²) in [6, 6.07) is 10.2. The number of hydrogen-bond donors (Lipinski definition) is 2. The first-order valence-corrected chi connectivity index (χ1v) is 11.2. The van der Waals surface area contributed by atoms with Crippen LogP contribution in [0.2, 0.25) is 15.1 Å². The van der Waals surface area contributed by atoms with Crippen LogP contribution in [0.5, 0.6) is 11.5 Å². The molecule has 1 unspecified atom stereocenters. The molecule has 1 atom stereocenters. The van der Waals surface area contributed by atoms with Gasteiger partial charge < -0.3 is 24.8 Å². The third-order valence-corrected chi connectivity index (χ3v) is 5.86. The van der Waals surface area contributed by atoms with Crippen molar-refractivity contribution in [2.75, 3.05) is 31.6 Å². The number of anilines is 1. The summed E-state index contributed by atoms with van der Waals surface area (Å²) >= 11 is 18.0. The van der Waals surface area contributed by atoms with Gasteiger partial charge in [-0.2, -0.15) is 0 Å². The van der Waals surface area contributed by atoms with E-state index in [0.29, 0.717) is 38.8 Å². The molecule has 0 aliphatic carbocycles. The van der Waals surface area contributed by atoms with Crippen molar-refractivity contribution in [2.45, 2.75) is 32.0 Å². The number of β-amino-alcohol motifs (C(OH)–C–C–N with tert-alkyl or cyclic N) is 1. The number of nitrogens with one attached hydrogen (secondary N) is 1. The molecule has 0 aromatic heterocycles. The molecule has 6 nitrogen and oxygen atoms in total. The molecule has 1 saturated heterocycles. The zero-order valence-electron chi connectivity index (χ0n) is 17.1. The van der Waals surface area contributed by atoms with E-state index in [0.717, 1.165) is 25.9 Å². The number of aliphatic hydroxyl groups excluding tert-OH is 1. The van der Waals surface area contributed by atoms with E-state index in [2.05, 4.69) is 10.2 Å². The molecule has 2 aromatic carbocycles. The summed E-state index contributed by atoms with van der Waals surface area (Å²) in [7, 11) is 0. The van der Waals surface area contributed by atoms with Gasteiger partial charge in [-0.05, 0) is 43.2 Å². The number of likely N-dealkylation sites (tertiary alicyclic amines) is 1. The molecule has 2 aromatic rings. The van der Waals surface area contributed by atoms with Crippen LogP contribution in [0.25, 0.3) is 0 Å². The van der Waals surface area contributed by atoms with Crippen LogP contribution in [0.1, 0.15) is 19.8 Å². The summed E-state index contributed by atoms with van der Waals surface area (Å²) in [5, 5.41) is 14.6. The fourth-order valence-corrected chi connectivity index (χ4v) is 3.86. The van der Waals surface area contributed by atoms with Crippen molar-refractivity contribution in [1.82, 2.24) is 4.90 Å². The SMILES string of the molecule is CC(=O)Nc1cc(Cl)ccc1OCC(O)CN1CCC(Oc2ccc(Cl)c(Cl)c2)CC1. The number of rotatable bonds is 8. The van der Waals surface area contributed by atoms with Crippen LogP contribution in [0.3, 0.4) is 0 Å². The van der Waals surface area contributed by atoms with Crippen molar-refractivity contribution in [1.29, 1.82) is 0 Å². The zero-order chi connectivity index (χ0) is 22.4. The van der Waals surface area contributed by atoms with Crippen LogP contribution in [0.4, 0.5) is 5.69 Å². The van der Waals surface area contributed by atoms with Gasteiger partial charge in [-0.15, -0.1) is 0 Å².